The molecule has 1 saturated carbocycles. The predicted molar refractivity (Wildman–Crippen MR) is 254 cm³/mol. The number of carbonyl (C=O) groups excluding carboxylic acids is 8. The predicted octanol–water partition coefficient (Wildman–Crippen LogP) is -0.249. The van der Waals surface area contributed by atoms with Crippen molar-refractivity contribution in [2.24, 2.45) is 17.4 Å². The van der Waals surface area contributed by atoms with Gasteiger partial charge in [0.2, 0.25) is 47.3 Å². The van der Waals surface area contributed by atoms with E-state index in [9.17, 15) is 53.4 Å². The summed E-state index contributed by atoms with van der Waals surface area (Å²) in [4.78, 5) is 125. The summed E-state index contributed by atoms with van der Waals surface area (Å²) >= 11 is 0. The third kappa shape index (κ3) is 16.0. The number of nitrogens with zero attached hydrogens (tertiary/aromatic N) is 1. The van der Waals surface area contributed by atoms with Crippen molar-refractivity contribution in [1.29, 1.82) is 0 Å². The standard InChI is InChI=1S/C45H69N9O12S2/c1-5-25(2)36-41(61)53-37(26(3)55)42(62)50-31(22-34(47)56)38(58)51-32(43(63)54-20-10-12-33(54)40(60)49-29(44(64)65)11-9-19-46)24-67-68-45(17-7-6-8-18-45)23-35(57)48-30(39(59)52-36)21-27-13-15-28(66-4)16-14-27/h13-16,25-26,29-33,36-37,55H,5-12,17-24,46H2,1-4H3,(H2,47,56)(H,48,57)(H,49,60)(H,50,62)(H,51,58)(H,52,59)(H,53,61)(H,64,65)/t25-,26+,29-,30-,31-,32-,33-,36?,37-/m0/s1. The van der Waals surface area contributed by atoms with Gasteiger partial charge < -0.3 is 63.2 Å². The second kappa shape index (κ2) is 26.6. The van der Waals surface area contributed by atoms with Gasteiger partial charge >= 0.3 is 5.97 Å². The molecule has 0 aromatic heterocycles. The van der Waals surface area contributed by atoms with Gasteiger partial charge in [0.05, 0.1) is 19.6 Å². The van der Waals surface area contributed by atoms with E-state index in [1.54, 1.807) is 38.1 Å². The molecule has 1 aromatic rings. The summed E-state index contributed by atoms with van der Waals surface area (Å²) in [6.45, 7) is 5.00. The Labute approximate surface area is 404 Å². The van der Waals surface area contributed by atoms with Crippen LogP contribution in [0.4, 0.5) is 0 Å². The molecule has 9 atom stereocenters. The quantitative estimate of drug-likeness (QED) is 0.101. The van der Waals surface area contributed by atoms with Gasteiger partial charge in [-0.05, 0) is 75.6 Å². The van der Waals surface area contributed by atoms with Crippen LogP contribution in [0.1, 0.15) is 103 Å². The highest BCUT2D eigenvalue weighted by Gasteiger charge is 2.42. The van der Waals surface area contributed by atoms with Crippen LogP contribution in [0.2, 0.25) is 0 Å². The fourth-order valence-electron chi connectivity index (χ4n) is 8.53. The molecule has 1 aromatic carbocycles. The molecule has 8 amide bonds. The monoisotopic (exact) mass is 991 g/mol. The maximum absolute atomic E-state index is 14.6. The van der Waals surface area contributed by atoms with Crippen molar-refractivity contribution in [2.75, 3.05) is 26.0 Å². The first-order chi connectivity index (χ1) is 32.3. The first kappa shape index (κ1) is 55.5. The number of nitrogens with one attached hydrogen (secondary N) is 6. The van der Waals surface area contributed by atoms with Crippen molar-refractivity contribution in [3.05, 3.63) is 29.8 Å². The Balaban J connectivity index is 1.76. The molecule has 3 fully saturated rings. The molecule has 0 bridgehead atoms. The zero-order chi connectivity index (χ0) is 50.1. The second-order valence-corrected chi connectivity index (χ2v) is 20.7. The summed E-state index contributed by atoms with van der Waals surface area (Å²) in [5.74, 6) is -7.82. The van der Waals surface area contributed by atoms with E-state index >= 15 is 0 Å². The van der Waals surface area contributed by atoms with Crippen molar-refractivity contribution >= 4 is 74.8 Å². The fourth-order valence-corrected chi connectivity index (χ4v) is 11.9. The first-order valence-corrected chi connectivity index (χ1v) is 25.6. The molecule has 2 heterocycles. The molecule has 21 nitrogen and oxygen atoms in total. The number of likely N-dealkylation sites (tertiary alicyclic amines) is 1. The van der Waals surface area contributed by atoms with E-state index in [2.05, 4.69) is 31.9 Å². The van der Waals surface area contributed by atoms with Gasteiger partial charge in [0, 0.05) is 29.9 Å². The molecule has 1 spiro atoms. The van der Waals surface area contributed by atoms with Crippen molar-refractivity contribution in [3.63, 3.8) is 0 Å². The highest BCUT2D eigenvalue weighted by molar-refractivity contribution is 8.77. The van der Waals surface area contributed by atoms with Gasteiger partial charge in [-0.2, -0.15) is 0 Å². The molecule has 23 heteroatoms. The Bertz CT molecular complexity index is 1950. The molecule has 378 valence electrons. The van der Waals surface area contributed by atoms with Crippen molar-refractivity contribution < 1.29 is 58.1 Å². The van der Waals surface area contributed by atoms with Crippen molar-refractivity contribution in [3.8, 4) is 5.75 Å². The highest BCUT2D eigenvalue weighted by atomic mass is 33.1. The van der Waals surface area contributed by atoms with Crippen LogP contribution in [0.15, 0.2) is 24.3 Å². The van der Waals surface area contributed by atoms with E-state index in [1.807, 2.05) is 0 Å². The number of primary amides is 1. The van der Waals surface area contributed by atoms with E-state index in [4.69, 9.17) is 16.2 Å². The largest absolute Gasteiger partial charge is 0.497 e. The maximum atomic E-state index is 14.6. The lowest BCUT2D eigenvalue weighted by molar-refractivity contribution is -0.145. The van der Waals surface area contributed by atoms with Gasteiger partial charge in [-0.15, -0.1) is 0 Å². The van der Waals surface area contributed by atoms with Gasteiger partial charge in [-0.1, -0.05) is 73.3 Å². The Hall–Kier alpha value is -5.13. The summed E-state index contributed by atoms with van der Waals surface area (Å²) in [6, 6.07) is -2.69. The molecular weight excluding hydrogens is 923 g/mol. The second-order valence-electron chi connectivity index (χ2n) is 17.9. The number of carbonyl (C=O) groups is 9. The van der Waals surface area contributed by atoms with E-state index in [0.717, 1.165) is 19.3 Å². The molecule has 12 N–H and O–H groups in total. The lowest BCUT2D eigenvalue weighted by Gasteiger charge is -2.37. The van der Waals surface area contributed by atoms with E-state index in [-0.39, 0.29) is 44.5 Å². The number of benzene rings is 1. The van der Waals surface area contributed by atoms with Crippen LogP contribution in [0.5, 0.6) is 5.75 Å². The smallest absolute Gasteiger partial charge is 0.326 e. The zero-order valence-electron chi connectivity index (χ0n) is 39.2. The number of ether oxygens (including phenoxy) is 1. The van der Waals surface area contributed by atoms with Crippen LogP contribution in [0, 0.1) is 5.92 Å². The Morgan fingerprint density at radius 1 is 0.897 bits per heavy atom. The van der Waals surface area contributed by atoms with Crippen LogP contribution in [0.25, 0.3) is 0 Å². The normalized spacial score (nSPS) is 25.9. The molecule has 68 heavy (non-hydrogen) atoms. The van der Waals surface area contributed by atoms with Gasteiger partial charge in [-0.25, -0.2) is 4.79 Å². The maximum Gasteiger partial charge on any atom is 0.326 e. The fraction of sp³-hybridized carbons (Fsp3) is 0.667. The number of aliphatic hydroxyl groups is 1. The Morgan fingerprint density at radius 2 is 1.54 bits per heavy atom. The molecule has 2 aliphatic heterocycles. The van der Waals surface area contributed by atoms with E-state index in [1.165, 1.54) is 40.5 Å². The van der Waals surface area contributed by atoms with Crippen LogP contribution < -0.4 is 48.1 Å². The molecule has 2 saturated heterocycles. The number of carboxylic acid groups (broad SMARTS) is 1. The topological polar surface area (TPSA) is 331 Å². The van der Waals surface area contributed by atoms with E-state index < -0.39 is 119 Å². The molecule has 1 unspecified atom stereocenters. The Morgan fingerprint density at radius 3 is 2.15 bits per heavy atom. The van der Waals surface area contributed by atoms with Gasteiger partial charge in [0.25, 0.3) is 0 Å². The Kier molecular flexibility index (Phi) is 21.7. The molecule has 0 radical (unpaired) electrons. The first-order valence-electron chi connectivity index (χ1n) is 23.3. The average Bonchev–Trinajstić information content (AvgIpc) is 3.80. The summed E-state index contributed by atoms with van der Waals surface area (Å²) in [7, 11) is 4.09. The number of amides is 8. The third-order valence-corrected chi connectivity index (χ3v) is 15.9. The molecular formula is C45H69N9O12S2. The molecule has 4 rings (SSSR count). The number of nitrogens with two attached hydrogens (primary N) is 2. The van der Waals surface area contributed by atoms with Crippen LogP contribution in [-0.4, -0.2) is 147 Å². The highest BCUT2D eigenvalue weighted by Crippen LogP contribution is 2.48. The minimum absolute atomic E-state index is 0.0244. The number of methoxy groups -OCH3 is 1. The van der Waals surface area contributed by atoms with Crippen LogP contribution >= 0.6 is 21.6 Å². The minimum Gasteiger partial charge on any atom is -0.497 e. The number of carboxylic acids is 1. The van der Waals surface area contributed by atoms with Crippen molar-refractivity contribution in [1.82, 2.24) is 36.8 Å². The number of aliphatic hydroxyl groups excluding tert-OH is 1. The SMILES string of the molecule is CC[C@H](C)C1NC(=O)[C@H](Cc2ccc(OC)cc2)NC(=O)CC2(CCCCC2)SSC[C@@H](C(=O)N2CCC[C@H]2C(=O)N[C@@H](CCCN)C(=O)O)NC(=O)[C@H](CC(N)=O)NC(=O)[C@H]([C@@H](C)O)NC1=O. The van der Waals surface area contributed by atoms with Gasteiger partial charge in [-0.3, -0.25) is 38.4 Å². The van der Waals surface area contributed by atoms with Crippen molar-refractivity contribution in [2.45, 2.75) is 157 Å². The number of aliphatic carboxylic acids is 1. The molecule has 3 aliphatic rings. The average molecular weight is 992 g/mol. The lowest BCUT2D eigenvalue weighted by atomic mass is 9.85. The lowest BCUT2D eigenvalue weighted by Crippen LogP contribution is -2.63. The van der Waals surface area contributed by atoms with Crippen LogP contribution in [-0.2, 0) is 49.6 Å². The summed E-state index contributed by atoms with van der Waals surface area (Å²) in [5, 5.41) is 36.4. The number of hydrogen-bond acceptors (Lipinski definition) is 14. The summed E-state index contributed by atoms with van der Waals surface area (Å²) in [5.41, 5.74) is 11.8. The van der Waals surface area contributed by atoms with Gasteiger partial charge in [0.1, 0.15) is 48.0 Å². The third-order valence-electron chi connectivity index (χ3n) is 12.6. The number of rotatable bonds is 15. The minimum atomic E-state index is -1.73. The summed E-state index contributed by atoms with van der Waals surface area (Å²) < 4.78 is 4.61. The van der Waals surface area contributed by atoms with Crippen LogP contribution in [0.3, 0.4) is 0 Å². The van der Waals surface area contributed by atoms with Gasteiger partial charge in [0.15, 0.2) is 0 Å². The number of hydrogen-bond donors (Lipinski definition) is 10. The summed E-state index contributed by atoms with van der Waals surface area (Å²) in [6.07, 6.45) is 2.74. The molecule has 1 aliphatic carbocycles. The zero-order valence-corrected chi connectivity index (χ0v) is 40.8. The van der Waals surface area contributed by atoms with E-state index in [0.29, 0.717) is 43.4 Å².